The van der Waals surface area contributed by atoms with Gasteiger partial charge in [0.15, 0.2) is 23.0 Å². The second-order valence-electron chi connectivity index (χ2n) is 18.1. The van der Waals surface area contributed by atoms with Crippen molar-refractivity contribution in [2.45, 2.75) is 71.6 Å². The smallest absolute Gasteiger partial charge is 0.188 e. The Morgan fingerprint density at radius 3 is 1.31 bits per heavy atom. The molecule has 3 aliphatic rings. The number of anilines is 2. The van der Waals surface area contributed by atoms with E-state index in [1.807, 2.05) is 0 Å². The Hall–Kier alpha value is -6.40. The number of hydrogen-bond donors (Lipinski definition) is 2. The van der Waals surface area contributed by atoms with E-state index < -0.39 is 0 Å². The number of ether oxygens (including phenoxy) is 4. The maximum atomic E-state index is 9.48. The highest BCUT2D eigenvalue weighted by Gasteiger charge is 2.42. The van der Waals surface area contributed by atoms with Crippen molar-refractivity contribution < 1.29 is 29.2 Å². The molecule has 0 amide bonds. The number of rotatable bonds is 18. The molecule has 0 spiro atoms. The van der Waals surface area contributed by atoms with E-state index in [4.69, 9.17) is 18.9 Å². The van der Waals surface area contributed by atoms with Crippen LogP contribution in [0.3, 0.4) is 0 Å². The van der Waals surface area contributed by atoms with Crippen molar-refractivity contribution in [2.24, 2.45) is 0 Å². The van der Waals surface area contributed by atoms with Crippen LogP contribution in [-0.4, -0.2) is 76.0 Å². The number of unbranched alkanes of at least 4 members (excludes halogenated alkanes) is 2. The number of benzene rings is 4. The number of hydrogen-bond acceptors (Lipinski definition) is 10. The second kappa shape index (κ2) is 23.2. The average Bonchev–Trinajstić information content (AvgIpc) is 4.05. The first-order valence-electron chi connectivity index (χ1n) is 25.4. The zero-order valence-electron chi connectivity index (χ0n) is 41.4. The van der Waals surface area contributed by atoms with Gasteiger partial charge in [-0.2, -0.15) is 0 Å². The molecule has 1 aliphatic carbocycles. The van der Waals surface area contributed by atoms with Gasteiger partial charge in [0.25, 0.3) is 0 Å². The molecule has 366 valence electrons. The summed E-state index contributed by atoms with van der Waals surface area (Å²) in [6.07, 6.45) is 15.0. The molecule has 71 heavy (non-hydrogen) atoms. The predicted octanol–water partition coefficient (Wildman–Crippen LogP) is 12.8. The van der Waals surface area contributed by atoms with Gasteiger partial charge in [0.1, 0.15) is 36.2 Å². The Balaban J connectivity index is 0.997. The van der Waals surface area contributed by atoms with Gasteiger partial charge in [0, 0.05) is 54.1 Å². The molecule has 2 aliphatic heterocycles. The largest absolute Gasteiger partial charge is 0.485 e. The lowest BCUT2D eigenvalue weighted by Crippen LogP contribution is -2.25. The maximum Gasteiger partial charge on any atom is 0.188 e. The van der Waals surface area contributed by atoms with Crippen molar-refractivity contribution in [2.75, 3.05) is 75.6 Å². The van der Waals surface area contributed by atoms with Gasteiger partial charge in [-0.3, -0.25) is 0 Å². The molecule has 10 heteroatoms. The summed E-state index contributed by atoms with van der Waals surface area (Å²) in [7, 11) is 0. The van der Waals surface area contributed by atoms with E-state index in [0.29, 0.717) is 39.5 Å². The monoisotopic (exact) mass is 984 g/mol. The van der Waals surface area contributed by atoms with Crippen molar-refractivity contribution in [3.63, 3.8) is 0 Å². The molecule has 4 aromatic carbocycles. The third-order valence-electron chi connectivity index (χ3n) is 13.6. The minimum atomic E-state index is -0.155. The van der Waals surface area contributed by atoms with Crippen LogP contribution in [0, 0.1) is 23.7 Å². The molecule has 8 nitrogen and oxygen atoms in total. The highest BCUT2D eigenvalue weighted by molar-refractivity contribution is 7.14. The summed E-state index contributed by atoms with van der Waals surface area (Å²) in [6, 6.07) is 30.4. The summed E-state index contributed by atoms with van der Waals surface area (Å²) < 4.78 is 24.8. The van der Waals surface area contributed by atoms with E-state index in [1.54, 1.807) is 22.7 Å². The lowest BCUT2D eigenvalue weighted by atomic mass is 9.70. The maximum absolute atomic E-state index is 9.48. The van der Waals surface area contributed by atoms with Crippen LogP contribution in [-0.2, 0) is 5.41 Å². The molecule has 0 atom stereocenters. The van der Waals surface area contributed by atoms with Crippen LogP contribution in [0.1, 0.15) is 119 Å². The van der Waals surface area contributed by atoms with Crippen molar-refractivity contribution in [1.29, 1.82) is 0 Å². The predicted molar refractivity (Wildman–Crippen MR) is 295 cm³/mol. The molecule has 6 aromatic rings. The quantitative estimate of drug-likeness (QED) is 0.0824. The van der Waals surface area contributed by atoms with E-state index >= 15 is 0 Å². The summed E-state index contributed by atoms with van der Waals surface area (Å²) in [6.45, 7) is 13.9. The third kappa shape index (κ3) is 10.8. The van der Waals surface area contributed by atoms with Gasteiger partial charge in [0.2, 0.25) is 0 Å². The van der Waals surface area contributed by atoms with Crippen LogP contribution in [0.2, 0.25) is 0 Å². The van der Waals surface area contributed by atoms with Gasteiger partial charge in [-0.15, -0.1) is 22.7 Å². The zero-order chi connectivity index (χ0) is 49.2. The molecule has 0 saturated heterocycles. The van der Waals surface area contributed by atoms with E-state index in [1.165, 1.54) is 22.3 Å². The Morgan fingerprint density at radius 2 is 0.930 bits per heavy atom. The fourth-order valence-corrected chi connectivity index (χ4v) is 11.9. The molecule has 4 heterocycles. The second-order valence-corrected chi connectivity index (χ2v) is 20.2. The van der Waals surface area contributed by atoms with E-state index in [2.05, 4.69) is 170 Å². The summed E-state index contributed by atoms with van der Waals surface area (Å²) in [5.74, 6) is 17.1. The first kappa shape index (κ1) is 49.6. The Kier molecular flexibility index (Phi) is 16.2. The molecular weight excluding hydrogens is 921 g/mol. The number of likely N-dealkylation sites (N-methyl/N-ethyl adjacent to an activating group) is 2. The van der Waals surface area contributed by atoms with Crippen LogP contribution in [0.5, 0.6) is 23.0 Å². The molecule has 9 rings (SSSR count). The number of nitrogens with zero attached hydrogens (tertiary/aromatic N) is 2. The molecule has 0 radical (unpaired) electrons. The summed E-state index contributed by atoms with van der Waals surface area (Å²) >= 11 is 3.21. The van der Waals surface area contributed by atoms with Gasteiger partial charge in [-0.05, 0) is 133 Å². The molecule has 2 aromatic heterocycles. The highest BCUT2D eigenvalue weighted by Crippen LogP contribution is 2.55. The lowest BCUT2D eigenvalue weighted by Gasteiger charge is -2.33. The Labute approximate surface area is 428 Å². The van der Waals surface area contributed by atoms with Crippen LogP contribution < -0.4 is 28.7 Å². The molecule has 2 N–H and O–H groups in total. The van der Waals surface area contributed by atoms with E-state index in [0.717, 1.165) is 128 Å². The molecule has 0 unspecified atom stereocenters. The fourth-order valence-electron chi connectivity index (χ4n) is 9.98. The topological polar surface area (TPSA) is 83.9 Å². The normalized spacial score (nSPS) is 13.9. The third-order valence-corrected chi connectivity index (χ3v) is 15.7. The lowest BCUT2D eigenvalue weighted by molar-refractivity contribution is 0.173. The number of fused-ring (bicyclic) bond motifs is 5. The Bertz CT molecular complexity index is 2790. The van der Waals surface area contributed by atoms with Crippen LogP contribution >= 0.6 is 22.7 Å². The molecule has 0 fully saturated rings. The number of aliphatic hydroxyl groups excluding tert-OH is 2. The van der Waals surface area contributed by atoms with Crippen molar-refractivity contribution in [3.8, 4) is 57.8 Å². The minimum absolute atomic E-state index is 0.126. The van der Waals surface area contributed by atoms with Gasteiger partial charge >= 0.3 is 0 Å². The molecular formula is C61H64N2O6S2. The number of thiophene rings is 2. The van der Waals surface area contributed by atoms with Gasteiger partial charge < -0.3 is 39.0 Å². The molecule has 0 saturated carbocycles. The highest BCUT2D eigenvalue weighted by atomic mass is 32.1. The van der Waals surface area contributed by atoms with Gasteiger partial charge in [-0.25, -0.2) is 0 Å². The van der Waals surface area contributed by atoms with Gasteiger partial charge in [-0.1, -0.05) is 99.9 Å². The SMILES string of the molecule is CCCCC1(CCCC)c2cc(C#Cc3sc(C=Cc4ccc(N(CC)CCO)cc4)c4c3OCCO4)ccc2-c2ccc(C#Cc3sc(C=Cc4ccc(N(CC)CCO)cc4)c4c3OCCO4)cc21. The standard InChI is InChI=1S/C61H64N2O6S2/c1-5-9-31-61(32-10-6-2)51-41-45(19-29-55-59-57(66-37-39-68-59)53(70-55)27-17-43-11-21-47(22-12-43)62(7-3)33-35-64)15-25-49(51)50-26-16-46(42-52(50)61)20-30-56-60-58(67-38-40-69-60)54(71-56)28-18-44-13-23-48(24-14-44)63(8-4)34-36-65/h11-18,21-28,41-42,64-65H,5-10,31-40H2,1-4H3. The fraction of sp³-hybridized carbons (Fsp3) is 0.344. The summed E-state index contributed by atoms with van der Waals surface area (Å²) in [5.41, 5.74) is 11.5. The van der Waals surface area contributed by atoms with Gasteiger partial charge in [0.05, 0.1) is 23.0 Å². The van der Waals surface area contributed by atoms with Crippen LogP contribution in [0.4, 0.5) is 11.4 Å². The van der Waals surface area contributed by atoms with Crippen LogP contribution in [0.25, 0.3) is 35.4 Å². The first-order chi connectivity index (χ1) is 34.9. The minimum Gasteiger partial charge on any atom is -0.485 e. The number of aliphatic hydroxyl groups is 2. The average molecular weight is 985 g/mol. The van der Waals surface area contributed by atoms with E-state index in [9.17, 15) is 10.2 Å². The zero-order valence-corrected chi connectivity index (χ0v) is 43.1. The summed E-state index contributed by atoms with van der Waals surface area (Å²) in [5, 5.41) is 19.0. The Morgan fingerprint density at radius 1 is 0.521 bits per heavy atom. The van der Waals surface area contributed by atoms with Crippen molar-refractivity contribution >= 4 is 58.4 Å². The molecule has 0 bridgehead atoms. The van der Waals surface area contributed by atoms with E-state index in [-0.39, 0.29) is 18.6 Å². The van der Waals surface area contributed by atoms with Crippen molar-refractivity contribution in [3.05, 3.63) is 138 Å². The first-order valence-corrected chi connectivity index (χ1v) is 27.0. The van der Waals surface area contributed by atoms with Crippen molar-refractivity contribution in [1.82, 2.24) is 0 Å². The summed E-state index contributed by atoms with van der Waals surface area (Å²) in [4.78, 5) is 8.02. The van der Waals surface area contributed by atoms with Crippen LogP contribution in [0.15, 0.2) is 84.9 Å².